The standard InChI is InChI=1S/C15H15N5O2/c1-9-6-13(21)19-20-14(9)11-4-2-10(3-5-11)8-18-12(7-16)15(17)22/h2-5,9H,6,8H2,1H3,(H2,17,22)(H,19,21)/t9-/m1/s1. The van der Waals surface area contributed by atoms with E-state index in [1.165, 1.54) is 0 Å². The quantitative estimate of drug-likeness (QED) is 0.787. The van der Waals surface area contributed by atoms with E-state index in [1.807, 2.05) is 31.2 Å². The third-order valence-corrected chi connectivity index (χ3v) is 3.27. The van der Waals surface area contributed by atoms with Crippen molar-refractivity contribution in [1.29, 1.82) is 5.26 Å². The van der Waals surface area contributed by atoms with Crippen LogP contribution in [0.25, 0.3) is 0 Å². The molecule has 0 saturated heterocycles. The number of carbonyl (C=O) groups excluding carboxylic acids is 2. The van der Waals surface area contributed by atoms with Crippen LogP contribution in [0.1, 0.15) is 24.5 Å². The summed E-state index contributed by atoms with van der Waals surface area (Å²) in [7, 11) is 0. The molecule has 1 aliphatic heterocycles. The minimum Gasteiger partial charge on any atom is -0.364 e. The number of nitriles is 1. The Labute approximate surface area is 127 Å². The third-order valence-electron chi connectivity index (χ3n) is 3.27. The number of nitrogens with one attached hydrogen (secondary N) is 1. The highest BCUT2D eigenvalue weighted by molar-refractivity contribution is 6.44. The van der Waals surface area contributed by atoms with Crippen molar-refractivity contribution in [2.75, 3.05) is 0 Å². The van der Waals surface area contributed by atoms with Crippen molar-refractivity contribution in [3.8, 4) is 6.07 Å². The van der Waals surface area contributed by atoms with Gasteiger partial charge < -0.3 is 5.73 Å². The SMILES string of the molecule is C[C@@H]1CC(=O)NN=C1c1ccc(CN=C(C#N)C(N)=O)cc1. The molecular formula is C15H15N5O2. The minimum absolute atomic E-state index is 0.0534. The van der Waals surface area contributed by atoms with Gasteiger partial charge in [-0.3, -0.25) is 14.6 Å². The van der Waals surface area contributed by atoms with Crippen molar-refractivity contribution in [1.82, 2.24) is 5.43 Å². The first-order valence-electron chi connectivity index (χ1n) is 6.71. The van der Waals surface area contributed by atoms with Gasteiger partial charge >= 0.3 is 0 Å². The van der Waals surface area contributed by atoms with E-state index < -0.39 is 5.91 Å². The van der Waals surface area contributed by atoms with E-state index in [0.717, 1.165) is 16.8 Å². The number of amides is 2. The molecule has 0 spiro atoms. The molecule has 1 aliphatic rings. The second-order valence-electron chi connectivity index (χ2n) is 4.98. The molecule has 0 unspecified atom stereocenters. The summed E-state index contributed by atoms with van der Waals surface area (Å²) < 4.78 is 0. The van der Waals surface area contributed by atoms with Gasteiger partial charge in [0.05, 0.1) is 12.3 Å². The summed E-state index contributed by atoms with van der Waals surface area (Å²) >= 11 is 0. The van der Waals surface area contributed by atoms with Gasteiger partial charge in [0.25, 0.3) is 5.91 Å². The summed E-state index contributed by atoms with van der Waals surface area (Å²) in [6, 6.07) is 9.07. The van der Waals surface area contributed by atoms with Crippen molar-refractivity contribution < 1.29 is 9.59 Å². The number of nitrogens with zero attached hydrogens (tertiary/aromatic N) is 3. The van der Waals surface area contributed by atoms with Gasteiger partial charge in [0, 0.05) is 12.3 Å². The number of hydrazone groups is 1. The van der Waals surface area contributed by atoms with Crippen LogP contribution < -0.4 is 11.2 Å². The van der Waals surface area contributed by atoms with Crippen LogP contribution in [0, 0.1) is 17.2 Å². The largest absolute Gasteiger partial charge is 0.364 e. The lowest BCUT2D eigenvalue weighted by atomic mass is 9.93. The molecule has 3 N–H and O–H groups in total. The fourth-order valence-electron chi connectivity index (χ4n) is 2.12. The Morgan fingerprint density at radius 3 is 2.73 bits per heavy atom. The van der Waals surface area contributed by atoms with Gasteiger partial charge in [-0.2, -0.15) is 10.4 Å². The minimum atomic E-state index is -0.833. The number of aliphatic imine (C=N–C) groups is 1. The Morgan fingerprint density at radius 1 is 1.50 bits per heavy atom. The molecule has 1 heterocycles. The maximum absolute atomic E-state index is 11.2. The van der Waals surface area contributed by atoms with Gasteiger partial charge in [-0.25, -0.2) is 5.43 Å². The summed E-state index contributed by atoms with van der Waals surface area (Å²) in [6.45, 7) is 2.15. The van der Waals surface area contributed by atoms with Crippen LogP contribution in [0.4, 0.5) is 0 Å². The molecule has 2 amide bonds. The molecule has 2 rings (SSSR count). The first kappa shape index (κ1) is 15.4. The lowest BCUT2D eigenvalue weighted by Crippen LogP contribution is -2.31. The summed E-state index contributed by atoms with van der Waals surface area (Å²) in [5.74, 6) is -0.865. The number of primary amides is 1. The molecule has 7 heteroatoms. The van der Waals surface area contributed by atoms with Crippen molar-refractivity contribution in [2.45, 2.75) is 19.9 Å². The summed E-state index contributed by atoms with van der Waals surface area (Å²) in [4.78, 5) is 26.0. The second kappa shape index (κ2) is 6.63. The Balaban J connectivity index is 2.13. The molecule has 0 fully saturated rings. The Bertz CT molecular complexity index is 698. The highest BCUT2D eigenvalue weighted by Gasteiger charge is 2.21. The van der Waals surface area contributed by atoms with Crippen LogP contribution in [0.3, 0.4) is 0 Å². The normalized spacial score (nSPS) is 18.2. The van der Waals surface area contributed by atoms with E-state index in [4.69, 9.17) is 11.0 Å². The van der Waals surface area contributed by atoms with Gasteiger partial charge in [-0.15, -0.1) is 0 Å². The van der Waals surface area contributed by atoms with E-state index in [9.17, 15) is 9.59 Å². The summed E-state index contributed by atoms with van der Waals surface area (Å²) in [5, 5.41) is 12.8. The monoisotopic (exact) mass is 297 g/mol. The number of nitrogens with two attached hydrogens (primary N) is 1. The van der Waals surface area contributed by atoms with Gasteiger partial charge in [0.2, 0.25) is 11.6 Å². The van der Waals surface area contributed by atoms with Gasteiger partial charge in [-0.1, -0.05) is 31.2 Å². The zero-order valence-corrected chi connectivity index (χ0v) is 12.0. The van der Waals surface area contributed by atoms with E-state index >= 15 is 0 Å². The highest BCUT2D eigenvalue weighted by atomic mass is 16.2. The summed E-state index contributed by atoms with van der Waals surface area (Å²) in [6.07, 6.45) is 0.412. The molecule has 0 saturated carbocycles. The average molecular weight is 297 g/mol. The van der Waals surface area contributed by atoms with E-state index in [-0.39, 0.29) is 24.1 Å². The number of benzene rings is 1. The van der Waals surface area contributed by atoms with E-state index in [0.29, 0.717) is 6.42 Å². The molecule has 0 aromatic heterocycles. The van der Waals surface area contributed by atoms with Crippen LogP contribution >= 0.6 is 0 Å². The van der Waals surface area contributed by atoms with Crippen LogP contribution in [-0.4, -0.2) is 23.2 Å². The van der Waals surface area contributed by atoms with Gasteiger partial charge in [0.15, 0.2) is 0 Å². The maximum Gasteiger partial charge on any atom is 0.277 e. The van der Waals surface area contributed by atoms with Gasteiger partial charge in [0.1, 0.15) is 6.07 Å². The maximum atomic E-state index is 11.2. The Morgan fingerprint density at radius 2 is 2.18 bits per heavy atom. The number of hydrogen-bond donors (Lipinski definition) is 2. The predicted octanol–water partition coefficient (Wildman–Crippen LogP) is 0.497. The third kappa shape index (κ3) is 3.55. The zero-order valence-electron chi connectivity index (χ0n) is 12.0. The topological polar surface area (TPSA) is 121 Å². The highest BCUT2D eigenvalue weighted by Crippen LogP contribution is 2.17. The Kier molecular flexibility index (Phi) is 4.63. The molecule has 1 aromatic carbocycles. The molecule has 0 bridgehead atoms. The first-order chi connectivity index (χ1) is 10.5. The van der Waals surface area contributed by atoms with E-state index in [2.05, 4.69) is 15.5 Å². The summed E-state index contributed by atoms with van der Waals surface area (Å²) in [5.41, 5.74) is 9.77. The molecule has 0 radical (unpaired) electrons. The number of rotatable bonds is 4. The predicted molar refractivity (Wildman–Crippen MR) is 80.8 cm³/mol. The number of hydrogen-bond acceptors (Lipinski definition) is 5. The second-order valence-corrected chi connectivity index (χ2v) is 4.98. The van der Waals surface area contributed by atoms with Crippen LogP contribution in [-0.2, 0) is 16.1 Å². The van der Waals surface area contributed by atoms with Crippen LogP contribution in [0.15, 0.2) is 34.4 Å². The molecule has 112 valence electrons. The van der Waals surface area contributed by atoms with E-state index in [1.54, 1.807) is 6.07 Å². The van der Waals surface area contributed by atoms with Crippen molar-refractivity contribution in [2.24, 2.45) is 21.7 Å². The van der Waals surface area contributed by atoms with Crippen LogP contribution in [0.2, 0.25) is 0 Å². The average Bonchev–Trinajstić information content (AvgIpc) is 2.48. The molecule has 1 atom stereocenters. The molecule has 7 nitrogen and oxygen atoms in total. The lowest BCUT2D eigenvalue weighted by molar-refractivity contribution is -0.121. The molecular weight excluding hydrogens is 282 g/mol. The fourth-order valence-corrected chi connectivity index (χ4v) is 2.12. The lowest BCUT2D eigenvalue weighted by Gasteiger charge is -2.19. The fraction of sp³-hybridized carbons (Fsp3) is 0.267. The molecule has 22 heavy (non-hydrogen) atoms. The van der Waals surface area contributed by atoms with Gasteiger partial charge in [-0.05, 0) is 11.1 Å². The smallest absolute Gasteiger partial charge is 0.277 e. The Hall–Kier alpha value is -3.01. The molecule has 1 aromatic rings. The first-order valence-corrected chi connectivity index (χ1v) is 6.71. The zero-order chi connectivity index (χ0) is 16.1. The van der Waals surface area contributed by atoms with Crippen LogP contribution in [0.5, 0.6) is 0 Å². The van der Waals surface area contributed by atoms with Crippen molar-refractivity contribution in [3.63, 3.8) is 0 Å². The molecule has 0 aliphatic carbocycles. The number of carbonyl (C=O) groups is 2. The van der Waals surface area contributed by atoms with Crippen molar-refractivity contribution in [3.05, 3.63) is 35.4 Å². The van der Waals surface area contributed by atoms with Crippen molar-refractivity contribution >= 4 is 23.2 Å².